The van der Waals surface area contributed by atoms with E-state index in [0.717, 1.165) is 62.0 Å². The minimum absolute atomic E-state index is 0.263. The van der Waals surface area contributed by atoms with E-state index in [0.29, 0.717) is 17.8 Å². The Kier molecular flexibility index (Phi) is 4.96. The van der Waals surface area contributed by atoms with Crippen LogP contribution in [-0.4, -0.2) is 27.4 Å². The molecule has 0 atom stereocenters. The average molecular weight is 350 g/mol. The number of nitrogens with zero attached hydrogens (tertiary/aromatic N) is 3. The quantitative estimate of drug-likeness (QED) is 0.894. The molecule has 5 nitrogen and oxygen atoms in total. The first-order valence-electron chi connectivity index (χ1n) is 9.72. The molecule has 0 bridgehead atoms. The summed E-state index contributed by atoms with van der Waals surface area (Å²) in [6, 6.07) is 4.05. The summed E-state index contributed by atoms with van der Waals surface area (Å²) >= 11 is 0. The lowest BCUT2D eigenvalue weighted by molar-refractivity contribution is -0.122. The minimum atomic E-state index is 0.263. The summed E-state index contributed by atoms with van der Waals surface area (Å²) < 4.78 is 0. The van der Waals surface area contributed by atoms with Crippen LogP contribution in [0.3, 0.4) is 0 Å². The molecule has 2 aromatic rings. The van der Waals surface area contributed by atoms with Crippen LogP contribution in [0.15, 0.2) is 30.7 Å². The van der Waals surface area contributed by atoms with Crippen LogP contribution in [0.25, 0.3) is 11.1 Å². The Labute approximate surface area is 154 Å². The molecule has 5 heteroatoms. The van der Waals surface area contributed by atoms with E-state index in [2.05, 4.69) is 15.3 Å². The molecule has 26 heavy (non-hydrogen) atoms. The smallest absolute Gasteiger partial charge is 0.223 e. The summed E-state index contributed by atoms with van der Waals surface area (Å²) in [5.41, 5.74) is 3.43. The molecule has 2 heterocycles. The van der Waals surface area contributed by atoms with Crippen LogP contribution in [0.5, 0.6) is 0 Å². The van der Waals surface area contributed by atoms with Crippen LogP contribution in [0.2, 0.25) is 0 Å². The summed E-state index contributed by atoms with van der Waals surface area (Å²) in [6.45, 7) is 2.79. The van der Waals surface area contributed by atoms with Gasteiger partial charge in [0.25, 0.3) is 0 Å². The molecule has 2 saturated carbocycles. The van der Waals surface area contributed by atoms with E-state index in [1.165, 1.54) is 5.69 Å². The van der Waals surface area contributed by atoms with Crippen molar-refractivity contribution in [3.8, 4) is 11.1 Å². The van der Waals surface area contributed by atoms with Gasteiger partial charge in [-0.25, -0.2) is 9.97 Å². The van der Waals surface area contributed by atoms with E-state index < -0.39 is 0 Å². The zero-order valence-electron chi connectivity index (χ0n) is 15.3. The highest BCUT2D eigenvalue weighted by molar-refractivity contribution is 5.80. The molecule has 136 valence electrons. The number of nitrogens with one attached hydrogen (secondary N) is 1. The fourth-order valence-electron chi connectivity index (χ4n) is 3.93. The van der Waals surface area contributed by atoms with Crippen molar-refractivity contribution < 1.29 is 4.79 Å². The van der Waals surface area contributed by atoms with Crippen LogP contribution < -0.4 is 5.32 Å². The number of carbonyl (C=O) groups is 1. The Morgan fingerprint density at radius 1 is 1.12 bits per heavy atom. The SMILES string of the molecule is Cc1ncc(-c2ccncc2)c(C2CCC(CNC(=O)C3CC3)CC2)n1. The third kappa shape index (κ3) is 3.92. The Hall–Kier alpha value is -2.30. The topological polar surface area (TPSA) is 67.8 Å². The van der Waals surface area contributed by atoms with Crippen molar-refractivity contribution in [3.05, 3.63) is 42.2 Å². The molecule has 0 aromatic carbocycles. The standard InChI is InChI=1S/C21H26N4O/c1-14-23-13-19(16-8-10-22-11-9-16)20(25-14)17-4-2-15(3-5-17)12-24-21(26)18-6-7-18/h8-11,13,15,17-18H,2-7,12H2,1H3,(H,24,26). The van der Waals surface area contributed by atoms with E-state index in [1.807, 2.05) is 37.6 Å². The number of hydrogen-bond acceptors (Lipinski definition) is 4. The first-order valence-corrected chi connectivity index (χ1v) is 9.72. The fourth-order valence-corrected chi connectivity index (χ4v) is 3.93. The van der Waals surface area contributed by atoms with Crippen molar-refractivity contribution in [2.75, 3.05) is 6.54 Å². The Balaban J connectivity index is 1.42. The normalized spacial score (nSPS) is 22.8. The molecule has 0 aliphatic heterocycles. The van der Waals surface area contributed by atoms with Crippen molar-refractivity contribution >= 4 is 5.91 Å². The number of aryl methyl sites for hydroxylation is 1. The van der Waals surface area contributed by atoms with Gasteiger partial charge in [0.2, 0.25) is 5.91 Å². The second-order valence-corrected chi connectivity index (χ2v) is 7.69. The van der Waals surface area contributed by atoms with Gasteiger partial charge in [-0.05, 0) is 69.1 Å². The van der Waals surface area contributed by atoms with Gasteiger partial charge in [-0.15, -0.1) is 0 Å². The molecular weight excluding hydrogens is 324 g/mol. The van der Waals surface area contributed by atoms with Crippen molar-refractivity contribution in [2.45, 2.75) is 51.4 Å². The largest absolute Gasteiger partial charge is 0.356 e. The second kappa shape index (κ2) is 7.52. The fraction of sp³-hybridized carbons (Fsp3) is 0.524. The molecule has 1 N–H and O–H groups in total. The van der Waals surface area contributed by atoms with E-state index in [9.17, 15) is 4.79 Å². The van der Waals surface area contributed by atoms with Gasteiger partial charge < -0.3 is 5.32 Å². The molecule has 2 aromatic heterocycles. The number of amides is 1. The predicted octanol–water partition coefficient (Wildman–Crippen LogP) is 3.65. The van der Waals surface area contributed by atoms with Gasteiger partial charge in [0.1, 0.15) is 5.82 Å². The van der Waals surface area contributed by atoms with Gasteiger partial charge >= 0.3 is 0 Å². The first kappa shape index (κ1) is 17.1. The zero-order chi connectivity index (χ0) is 17.9. The van der Waals surface area contributed by atoms with Crippen molar-refractivity contribution in [1.82, 2.24) is 20.3 Å². The molecule has 4 rings (SSSR count). The molecule has 0 spiro atoms. The second-order valence-electron chi connectivity index (χ2n) is 7.69. The summed E-state index contributed by atoms with van der Waals surface area (Å²) in [4.78, 5) is 25.2. The van der Waals surface area contributed by atoms with Crippen LogP contribution in [0.1, 0.15) is 56.0 Å². The lowest BCUT2D eigenvalue weighted by atomic mass is 9.79. The van der Waals surface area contributed by atoms with Crippen molar-refractivity contribution in [1.29, 1.82) is 0 Å². The zero-order valence-corrected chi connectivity index (χ0v) is 15.3. The molecule has 0 unspecified atom stereocenters. The predicted molar refractivity (Wildman–Crippen MR) is 100 cm³/mol. The number of rotatable bonds is 5. The highest BCUT2D eigenvalue weighted by atomic mass is 16.2. The van der Waals surface area contributed by atoms with Crippen molar-refractivity contribution in [3.63, 3.8) is 0 Å². The van der Waals surface area contributed by atoms with E-state index in [1.54, 1.807) is 0 Å². The van der Waals surface area contributed by atoms with Crippen LogP contribution in [0.4, 0.5) is 0 Å². The molecular formula is C21H26N4O. The molecule has 2 fully saturated rings. The highest BCUT2D eigenvalue weighted by Gasteiger charge is 2.31. The van der Waals surface area contributed by atoms with Gasteiger partial charge in [-0.2, -0.15) is 0 Å². The molecule has 0 saturated heterocycles. The summed E-state index contributed by atoms with van der Waals surface area (Å²) in [7, 11) is 0. The number of pyridine rings is 1. The molecule has 1 amide bonds. The maximum Gasteiger partial charge on any atom is 0.223 e. The first-order chi connectivity index (χ1) is 12.7. The third-order valence-electron chi connectivity index (χ3n) is 5.68. The van der Waals surface area contributed by atoms with Gasteiger partial charge in [0.15, 0.2) is 0 Å². The van der Waals surface area contributed by atoms with Gasteiger partial charge in [0.05, 0.1) is 5.69 Å². The Morgan fingerprint density at radius 3 is 2.54 bits per heavy atom. The van der Waals surface area contributed by atoms with Gasteiger partial charge in [0, 0.05) is 42.5 Å². The lowest BCUT2D eigenvalue weighted by Crippen LogP contribution is -2.32. The van der Waals surface area contributed by atoms with E-state index >= 15 is 0 Å². The number of carbonyl (C=O) groups excluding carboxylic acids is 1. The Morgan fingerprint density at radius 2 is 1.85 bits per heavy atom. The number of aromatic nitrogens is 3. The highest BCUT2D eigenvalue weighted by Crippen LogP contribution is 2.38. The maximum absolute atomic E-state index is 11.8. The maximum atomic E-state index is 11.8. The van der Waals surface area contributed by atoms with Crippen LogP contribution in [-0.2, 0) is 4.79 Å². The Bertz CT molecular complexity index is 765. The minimum Gasteiger partial charge on any atom is -0.356 e. The van der Waals surface area contributed by atoms with Crippen LogP contribution in [0, 0.1) is 18.8 Å². The van der Waals surface area contributed by atoms with Gasteiger partial charge in [-0.3, -0.25) is 9.78 Å². The molecule has 0 radical (unpaired) electrons. The van der Waals surface area contributed by atoms with Crippen LogP contribution >= 0.6 is 0 Å². The van der Waals surface area contributed by atoms with E-state index in [4.69, 9.17) is 4.98 Å². The lowest BCUT2D eigenvalue weighted by Gasteiger charge is -2.29. The van der Waals surface area contributed by atoms with Crippen molar-refractivity contribution in [2.24, 2.45) is 11.8 Å². The summed E-state index contributed by atoms with van der Waals surface area (Å²) in [5, 5.41) is 3.14. The van der Waals surface area contributed by atoms with E-state index in [-0.39, 0.29) is 5.91 Å². The monoisotopic (exact) mass is 350 g/mol. The summed E-state index contributed by atoms with van der Waals surface area (Å²) in [6.07, 6.45) is 12.3. The average Bonchev–Trinajstić information content (AvgIpc) is 3.52. The number of hydrogen-bond donors (Lipinski definition) is 1. The molecule has 2 aliphatic rings. The molecule has 2 aliphatic carbocycles. The third-order valence-corrected chi connectivity index (χ3v) is 5.68. The van der Waals surface area contributed by atoms with Gasteiger partial charge in [-0.1, -0.05) is 0 Å². The summed E-state index contributed by atoms with van der Waals surface area (Å²) in [5.74, 6) is 2.46.